The quantitative estimate of drug-likeness (QED) is 0.399. The van der Waals surface area contributed by atoms with Crippen molar-refractivity contribution in [1.82, 2.24) is 4.90 Å². The van der Waals surface area contributed by atoms with Crippen molar-refractivity contribution in [1.29, 1.82) is 0 Å². The Balaban J connectivity index is 1.89. The van der Waals surface area contributed by atoms with Gasteiger partial charge in [-0.05, 0) is 71.1 Å². The molecule has 0 bridgehead atoms. The lowest BCUT2D eigenvalue weighted by molar-refractivity contribution is -0.121. The molecule has 8 heteroatoms. The SMILES string of the molecule is CCOc1cc(/C=C2\SC(=O)N(C)C2=O)cc(I)c1OCc1ccccc1F. The highest BCUT2D eigenvalue weighted by Crippen LogP contribution is 2.37. The van der Waals surface area contributed by atoms with Crippen LogP contribution in [0.4, 0.5) is 9.18 Å². The molecule has 0 spiro atoms. The Kier molecular flexibility index (Phi) is 6.61. The lowest BCUT2D eigenvalue weighted by Crippen LogP contribution is -2.22. The first kappa shape index (κ1) is 20.7. The van der Waals surface area contributed by atoms with Crippen LogP contribution < -0.4 is 9.47 Å². The number of rotatable bonds is 6. The molecular weight excluding hydrogens is 496 g/mol. The highest BCUT2D eigenvalue weighted by Gasteiger charge is 2.31. The minimum atomic E-state index is -0.331. The zero-order valence-corrected chi connectivity index (χ0v) is 18.2. The van der Waals surface area contributed by atoms with E-state index in [1.54, 1.807) is 30.3 Å². The number of carbonyl (C=O) groups is 2. The first-order chi connectivity index (χ1) is 13.4. The van der Waals surface area contributed by atoms with Crippen molar-refractivity contribution in [2.45, 2.75) is 13.5 Å². The molecule has 3 rings (SSSR count). The maximum atomic E-state index is 13.8. The molecule has 0 saturated carbocycles. The number of carbonyl (C=O) groups excluding carboxylic acids is 2. The molecule has 0 radical (unpaired) electrons. The van der Waals surface area contributed by atoms with E-state index in [9.17, 15) is 14.0 Å². The second kappa shape index (κ2) is 8.95. The Morgan fingerprint density at radius 2 is 1.96 bits per heavy atom. The number of benzene rings is 2. The molecule has 146 valence electrons. The summed E-state index contributed by atoms with van der Waals surface area (Å²) in [6, 6.07) is 9.99. The molecule has 28 heavy (non-hydrogen) atoms. The number of ether oxygens (including phenoxy) is 2. The second-order valence-corrected chi connectivity index (χ2v) is 8.04. The van der Waals surface area contributed by atoms with Gasteiger partial charge in [0.1, 0.15) is 12.4 Å². The van der Waals surface area contributed by atoms with Crippen molar-refractivity contribution in [2.75, 3.05) is 13.7 Å². The van der Waals surface area contributed by atoms with Crippen molar-refractivity contribution >= 4 is 51.6 Å². The molecule has 0 unspecified atom stereocenters. The van der Waals surface area contributed by atoms with Gasteiger partial charge in [-0.3, -0.25) is 14.5 Å². The number of thioether (sulfide) groups is 1. The smallest absolute Gasteiger partial charge is 0.293 e. The zero-order chi connectivity index (χ0) is 20.3. The van der Waals surface area contributed by atoms with E-state index in [1.807, 2.05) is 13.0 Å². The number of halogens is 2. The van der Waals surface area contributed by atoms with Gasteiger partial charge in [-0.1, -0.05) is 18.2 Å². The zero-order valence-electron chi connectivity index (χ0n) is 15.2. The molecular formula is C20H17FINO4S. The average Bonchev–Trinajstić information content (AvgIpc) is 2.89. The molecule has 2 aromatic rings. The highest BCUT2D eigenvalue weighted by molar-refractivity contribution is 14.1. The van der Waals surface area contributed by atoms with E-state index < -0.39 is 0 Å². The van der Waals surface area contributed by atoms with Gasteiger partial charge >= 0.3 is 0 Å². The third kappa shape index (κ3) is 4.49. The second-order valence-electron chi connectivity index (χ2n) is 5.88. The molecule has 1 aliphatic heterocycles. The molecule has 1 saturated heterocycles. The van der Waals surface area contributed by atoms with E-state index in [-0.39, 0.29) is 23.6 Å². The molecule has 1 heterocycles. The fourth-order valence-electron chi connectivity index (χ4n) is 2.54. The Hall–Kier alpha value is -2.07. The summed E-state index contributed by atoms with van der Waals surface area (Å²) in [5.74, 6) is 0.337. The molecule has 1 aliphatic rings. The Labute approximate surface area is 180 Å². The van der Waals surface area contributed by atoms with Crippen LogP contribution in [0.1, 0.15) is 18.1 Å². The molecule has 2 amide bonds. The predicted molar refractivity (Wildman–Crippen MR) is 115 cm³/mol. The minimum Gasteiger partial charge on any atom is -0.490 e. The lowest BCUT2D eigenvalue weighted by atomic mass is 10.1. The van der Waals surface area contributed by atoms with Crippen LogP contribution in [-0.2, 0) is 11.4 Å². The third-order valence-corrected chi connectivity index (χ3v) is 5.71. The van der Waals surface area contributed by atoms with E-state index in [2.05, 4.69) is 22.6 Å². The van der Waals surface area contributed by atoms with Crippen LogP contribution in [-0.4, -0.2) is 29.7 Å². The van der Waals surface area contributed by atoms with Crippen molar-refractivity contribution < 1.29 is 23.5 Å². The van der Waals surface area contributed by atoms with Crippen molar-refractivity contribution in [3.8, 4) is 11.5 Å². The number of amides is 2. The molecule has 5 nitrogen and oxygen atoms in total. The van der Waals surface area contributed by atoms with E-state index >= 15 is 0 Å². The fraction of sp³-hybridized carbons (Fsp3) is 0.200. The van der Waals surface area contributed by atoms with Gasteiger partial charge in [0.25, 0.3) is 11.1 Å². The van der Waals surface area contributed by atoms with Crippen molar-refractivity contribution in [3.05, 3.63) is 61.8 Å². The fourth-order valence-corrected chi connectivity index (χ4v) is 4.14. The monoisotopic (exact) mass is 513 g/mol. The third-order valence-electron chi connectivity index (χ3n) is 3.95. The van der Waals surface area contributed by atoms with Crippen molar-refractivity contribution in [3.63, 3.8) is 0 Å². The normalized spacial score (nSPS) is 15.4. The number of imide groups is 1. The van der Waals surface area contributed by atoms with E-state index in [1.165, 1.54) is 13.1 Å². The van der Waals surface area contributed by atoms with E-state index in [0.717, 1.165) is 20.2 Å². The van der Waals surface area contributed by atoms with Gasteiger partial charge in [0.05, 0.1) is 15.1 Å². The van der Waals surface area contributed by atoms with Crippen molar-refractivity contribution in [2.24, 2.45) is 0 Å². The predicted octanol–water partition coefficient (Wildman–Crippen LogP) is 5.07. The first-order valence-corrected chi connectivity index (χ1v) is 10.3. The standard InChI is InChI=1S/C20H17FINO4S/c1-3-26-16-9-12(10-17-19(24)23(2)20(25)28-17)8-15(22)18(16)27-11-13-6-4-5-7-14(13)21/h4-10H,3,11H2,1-2H3/b17-10-. The summed E-state index contributed by atoms with van der Waals surface area (Å²) < 4.78 is 26.1. The average molecular weight is 513 g/mol. The number of nitrogens with zero attached hydrogens (tertiary/aromatic N) is 1. The summed E-state index contributed by atoms with van der Waals surface area (Å²) in [6.07, 6.45) is 1.65. The lowest BCUT2D eigenvalue weighted by Gasteiger charge is -2.15. The minimum absolute atomic E-state index is 0.0663. The number of hydrogen-bond donors (Lipinski definition) is 0. The van der Waals surface area contributed by atoms with Crippen LogP contribution in [0, 0.1) is 9.39 Å². The van der Waals surface area contributed by atoms with Gasteiger partial charge in [-0.2, -0.15) is 0 Å². The molecule has 1 fully saturated rings. The summed E-state index contributed by atoms with van der Waals surface area (Å²) >= 11 is 3.00. The van der Waals surface area contributed by atoms with Crippen LogP contribution >= 0.6 is 34.4 Å². The van der Waals surface area contributed by atoms with Gasteiger partial charge < -0.3 is 9.47 Å². The van der Waals surface area contributed by atoms with Crippen LogP contribution in [0.15, 0.2) is 41.3 Å². The van der Waals surface area contributed by atoms with Gasteiger partial charge in [0.15, 0.2) is 11.5 Å². The highest BCUT2D eigenvalue weighted by atomic mass is 127. The summed E-state index contributed by atoms with van der Waals surface area (Å²) in [4.78, 5) is 25.2. The summed E-state index contributed by atoms with van der Waals surface area (Å²) in [5.41, 5.74) is 1.16. The van der Waals surface area contributed by atoms with E-state index in [4.69, 9.17) is 9.47 Å². The maximum absolute atomic E-state index is 13.8. The number of hydrogen-bond acceptors (Lipinski definition) is 5. The van der Waals surface area contributed by atoms with Crippen LogP contribution in [0.3, 0.4) is 0 Å². The summed E-state index contributed by atoms with van der Waals surface area (Å²) in [7, 11) is 1.45. The topological polar surface area (TPSA) is 55.8 Å². The Bertz CT molecular complexity index is 963. The van der Waals surface area contributed by atoms with Crippen LogP contribution in [0.25, 0.3) is 6.08 Å². The molecule has 0 aliphatic carbocycles. The Morgan fingerprint density at radius 3 is 2.61 bits per heavy atom. The van der Waals surface area contributed by atoms with Crippen LogP contribution in [0.5, 0.6) is 11.5 Å². The van der Waals surface area contributed by atoms with Gasteiger partial charge in [-0.15, -0.1) is 0 Å². The van der Waals surface area contributed by atoms with Gasteiger partial charge in [0, 0.05) is 12.6 Å². The maximum Gasteiger partial charge on any atom is 0.293 e. The number of likely N-dealkylation sites (N-methyl/N-ethyl adjacent to an activating group) is 1. The molecule has 0 atom stereocenters. The summed E-state index contributed by atoms with van der Waals surface area (Å²) in [5, 5.41) is -0.305. The molecule has 0 N–H and O–H groups in total. The van der Waals surface area contributed by atoms with Gasteiger partial charge in [0.2, 0.25) is 0 Å². The van der Waals surface area contributed by atoms with E-state index in [0.29, 0.717) is 34.1 Å². The Morgan fingerprint density at radius 1 is 1.21 bits per heavy atom. The largest absolute Gasteiger partial charge is 0.490 e. The first-order valence-electron chi connectivity index (χ1n) is 8.44. The van der Waals surface area contributed by atoms with Gasteiger partial charge in [-0.25, -0.2) is 4.39 Å². The van der Waals surface area contributed by atoms with Crippen LogP contribution in [0.2, 0.25) is 0 Å². The molecule has 2 aromatic carbocycles. The molecule has 0 aromatic heterocycles. The summed E-state index contributed by atoms with van der Waals surface area (Å²) in [6.45, 7) is 2.33.